The molecule has 11 heteroatoms. The number of phenols is 4. The predicted octanol–water partition coefficient (Wildman–Crippen LogP) is 7.02. The zero-order chi connectivity index (χ0) is 41.5. The first-order valence-corrected chi connectivity index (χ1v) is 21.6. The Morgan fingerprint density at radius 2 is 0.600 bits per heavy atom. The van der Waals surface area contributed by atoms with Gasteiger partial charge in [-0.05, 0) is 96.7 Å². The summed E-state index contributed by atoms with van der Waals surface area (Å²) in [6.45, 7) is 15.0. The monoisotopic (exact) mass is 818 g/mol. The summed E-state index contributed by atoms with van der Waals surface area (Å²) in [6, 6.07) is 23.0. The lowest BCUT2D eigenvalue weighted by Gasteiger charge is -2.27. The number of hydrogen-bond acceptors (Lipinski definition) is 11. The lowest BCUT2D eigenvalue weighted by molar-refractivity contribution is 0.0338. The highest BCUT2D eigenvalue weighted by Gasteiger charge is 2.17. The minimum atomic E-state index is 0.330. The minimum absolute atomic E-state index is 0.330. The Labute approximate surface area is 355 Å². The summed E-state index contributed by atoms with van der Waals surface area (Å²) in [6.07, 6.45) is 12.0. The van der Waals surface area contributed by atoms with Crippen molar-refractivity contribution in [3.8, 4) is 23.0 Å². The number of nitrogens with zero attached hydrogens (tertiary/aromatic N) is 4. The van der Waals surface area contributed by atoms with Crippen LogP contribution in [0.2, 0.25) is 0 Å². The summed E-state index contributed by atoms with van der Waals surface area (Å²) in [5.74, 6) is 1.37. The largest absolute Gasteiger partial charge is 0.508 e. The fraction of sp³-hybridized carbons (Fsp3) is 0.429. The molecule has 0 saturated carbocycles. The number of rotatable bonds is 12. The molecule has 4 fully saturated rings. The van der Waals surface area contributed by atoms with E-state index in [4.69, 9.17) is 14.2 Å². The van der Waals surface area contributed by atoms with Crippen LogP contribution in [0.3, 0.4) is 0 Å². The second-order valence-corrected chi connectivity index (χ2v) is 16.2. The Kier molecular flexibility index (Phi) is 16.1. The summed E-state index contributed by atoms with van der Waals surface area (Å²) in [7, 11) is 0. The van der Waals surface area contributed by atoms with Gasteiger partial charge in [-0.15, -0.1) is 0 Å². The third-order valence-electron chi connectivity index (χ3n) is 11.7. The molecule has 4 heterocycles. The van der Waals surface area contributed by atoms with Crippen LogP contribution in [-0.2, 0) is 40.4 Å². The van der Waals surface area contributed by atoms with Gasteiger partial charge in [0.1, 0.15) is 23.0 Å². The first kappa shape index (κ1) is 43.4. The van der Waals surface area contributed by atoms with Crippen LogP contribution in [0, 0.1) is 0 Å². The van der Waals surface area contributed by atoms with Crippen molar-refractivity contribution in [2.45, 2.75) is 45.4 Å². The van der Waals surface area contributed by atoms with Crippen LogP contribution in [-0.4, -0.2) is 132 Å². The van der Waals surface area contributed by atoms with Crippen molar-refractivity contribution >= 4 is 24.3 Å². The number of piperidine rings is 1. The van der Waals surface area contributed by atoms with Gasteiger partial charge >= 0.3 is 0 Å². The van der Waals surface area contributed by atoms with Gasteiger partial charge < -0.3 is 34.6 Å². The number of likely N-dealkylation sites (tertiary alicyclic amines) is 1. The Hall–Kier alpha value is -4.72. The molecule has 0 radical (unpaired) electrons. The summed E-state index contributed by atoms with van der Waals surface area (Å²) >= 11 is 0. The zero-order valence-electron chi connectivity index (χ0n) is 34.9. The van der Waals surface area contributed by atoms with Crippen molar-refractivity contribution in [1.82, 2.24) is 19.6 Å². The van der Waals surface area contributed by atoms with Crippen LogP contribution in [0.1, 0.15) is 63.8 Å². The van der Waals surface area contributed by atoms with Gasteiger partial charge in [-0.1, -0.05) is 55.0 Å². The highest BCUT2D eigenvalue weighted by molar-refractivity contribution is 5.72. The Morgan fingerprint density at radius 1 is 0.350 bits per heavy atom. The fourth-order valence-corrected chi connectivity index (χ4v) is 8.09. The molecule has 4 aromatic rings. The van der Waals surface area contributed by atoms with Crippen LogP contribution in [0.4, 0.5) is 0 Å². The SMILES string of the molecule is Oc1ccc(/C=C/c2ccc(O)c(CN3CCOCC3)c2)cc1CN1CCCCC1.Oc1ccc(/C=C\c2ccc(O)c(CN3CCOCC3)c2)cc1CN1CCOCC1. The quantitative estimate of drug-likeness (QED) is 0.111. The topological polar surface area (TPSA) is 122 Å². The van der Waals surface area contributed by atoms with Crippen molar-refractivity contribution in [3.63, 3.8) is 0 Å². The van der Waals surface area contributed by atoms with Crippen LogP contribution < -0.4 is 0 Å². The van der Waals surface area contributed by atoms with Gasteiger partial charge in [-0.3, -0.25) is 19.6 Å². The molecular weight excluding hydrogens is 757 g/mol. The third kappa shape index (κ3) is 13.1. The van der Waals surface area contributed by atoms with Crippen LogP contribution in [0.5, 0.6) is 23.0 Å². The molecule has 0 spiro atoms. The molecule has 4 aliphatic rings. The van der Waals surface area contributed by atoms with Crippen LogP contribution >= 0.6 is 0 Å². The second-order valence-electron chi connectivity index (χ2n) is 16.2. The van der Waals surface area contributed by atoms with Gasteiger partial charge in [-0.2, -0.15) is 0 Å². The molecule has 4 saturated heterocycles. The summed E-state index contributed by atoms with van der Waals surface area (Å²) in [4.78, 5) is 9.32. The maximum atomic E-state index is 10.3. The Bertz CT molecular complexity index is 1740. The Morgan fingerprint density at radius 3 is 0.867 bits per heavy atom. The van der Waals surface area contributed by atoms with Crippen LogP contribution in [0.15, 0.2) is 72.8 Å². The molecule has 0 amide bonds. The van der Waals surface area contributed by atoms with Gasteiger partial charge in [0, 0.05) is 87.7 Å². The van der Waals surface area contributed by atoms with Crippen molar-refractivity contribution in [3.05, 3.63) is 117 Å². The second kappa shape index (κ2) is 22.2. The fourth-order valence-electron chi connectivity index (χ4n) is 8.09. The minimum Gasteiger partial charge on any atom is -0.508 e. The van der Waals surface area contributed by atoms with Crippen molar-refractivity contribution in [2.24, 2.45) is 0 Å². The van der Waals surface area contributed by atoms with Crippen molar-refractivity contribution < 1.29 is 34.6 Å². The molecular formula is C49H62N4O7. The van der Waals surface area contributed by atoms with Crippen LogP contribution in [0.25, 0.3) is 24.3 Å². The maximum Gasteiger partial charge on any atom is 0.120 e. The number of hydrogen-bond donors (Lipinski definition) is 4. The van der Waals surface area contributed by atoms with E-state index in [0.717, 1.165) is 163 Å². The number of benzene rings is 4. The lowest BCUT2D eigenvalue weighted by Crippen LogP contribution is -2.35. The van der Waals surface area contributed by atoms with Gasteiger partial charge in [0.2, 0.25) is 0 Å². The first-order valence-electron chi connectivity index (χ1n) is 21.6. The highest BCUT2D eigenvalue weighted by Crippen LogP contribution is 2.27. The summed E-state index contributed by atoms with van der Waals surface area (Å²) < 4.78 is 16.2. The standard InChI is InChI=1S/C25H32N2O3.C24H30N2O4/c28-24-8-6-20(16-22(24)18-26-10-2-1-3-11-26)4-5-21-7-9-25(29)23(17-21)19-27-12-14-30-15-13-27;27-23-5-3-19(15-21(23)17-25-7-11-29-12-8-25)1-2-20-4-6-24(28)22(16-20)18-26-9-13-30-14-10-26/h4-9,16-17,28-29H,1-3,10-15,18-19H2;1-6,15-16,27-28H,7-14,17-18H2/b5-4+;2-1-. The molecule has 0 bridgehead atoms. The third-order valence-corrected chi connectivity index (χ3v) is 11.7. The number of phenolic OH excluding ortho intramolecular Hbond substituents is 4. The molecule has 0 aromatic heterocycles. The van der Waals surface area contributed by atoms with E-state index in [2.05, 4.69) is 43.9 Å². The Balaban J connectivity index is 0.000000181. The van der Waals surface area contributed by atoms with E-state index in [9.17, 15) is 20.4 Å². The summed E-state index contributed by atoms with van der Waals surface area (Å²) in [5, 5.41) is 41.0. The molecule has 0 unspecified atom stereocenters. The molecule has 320 valence electrons. The zero-order valence-corrected chi connectivity index (χ0v) is 34.9. The molecule has 4 aliphatic heterocycles. The highest BCUT2D eigenvalue weighted by atomic mass is 16.5. The molecule has 8 rings (SSSR count). The first-order chi connectivity index (χ1) is 29.3. The van der Waals surface area contributed by atoms with Gasteiger partial charge in [0.25, 0.3) is 0 Å². The smallest absolute Gasteiger partial charge is 0.120 e. The van der Waals surface area contributed by atoms with E-state index >= 15 is 0 Å². The van der Waals surface area contributed by atoms with E-state index < -0.39 is 0 Å². The average molecular weight is 819 g/mol. The molecule has 11 nitrogen and oxygen atoms in total. The van der Waals surface area contributed by atoms with Gasteiger partial charge in [0.15, 0.2) is 0 Å². The van der Waals surface area contributed by atoms with E-state index in [-0.39, 0.29) is 0 Å². The molecule has 4 N–H and O–H groups in total. The summed E-state index contributed by atoms with van der Waals surface area (Å²) in [5.41, 5.74) is 7.99. The number of aromatic hydroxyl groups is 4. The normalized spacial score (nSPS) is 18.8. The molecule has 60 heavy (non-hydrogen) atoms. The van der Waals surface area contributed by atoms with E-state index in [0.29, 0.717) is 23.0 Å². The average Bonchev–Trinajstić information content (AvgIpc) is 3.28. The van der Waals surface area contributed by atoms with Crippen molar-refractivity contribution in [2.75, 3.05) is 92.0 Å². The van der Waals surface area contributed by atoms with E-state index in [1.165, 1.54) is 19.3 Å². The maximum absolute atomic E-state index is 10.3. The molecule has 0 atom stereocenters. The predicted molar refractivity (Wildman–Crippen MR) is 238 cm³/mol. The number of ether oxygens (including phenoxy) is 3. The van der Waals surface area contributed by atoms with Gasteiger partial charge in [-0.25, -0.2) is 0 Å². The van der Waals surface area contributed by atoms with E-state index in [1.54, 1.807) is 24.3 Å². The molecule has 4 aromatic carbocycles. The van der Waals surface area contributed by atoms with E-state index in [1.807, 2.05) is 48.6 Å². The number of morpholine rings is 3. The molecule has 0 aliphatic carbocycles. The lowest BCUT2D eigenvalue weighted by atomic mass is 10.0. The van der Waals surface area contributed by atoms with Gasteiger partial charge in [0.05, 0.1) is 39.6 Å². The van der Waals surface area contributed by atoms with Crippen molar-refractivity contribution in [1.29, 1.82) is 0 Å².